The molecule has 0 amide bonds. The zero-order valence-electron chi connectivity index (χ0n) is 10.1. The minimum Gasteiger partial charge on any atom is -0.418 e. The molecule has 0 bridgehead atoms. The van der Waals surface area contributed by atoms with E-state index < -0.39 is 17.6 Å². The van der Waals surface area contributed by atoms with Crippen molar-refractivity contribution >= 4 is 17.6 Å². The van der Waals surface area contributed by atoms with Gasteiger partial charge in [0.2, 0.25) is 5.60 Å². The van der Waals surface area contributed by atoms with Crippen molar-refractivity contribution in [1.29, 1.82) is 0 Å². The lowest BCUT2D eigenvalue weighted by atomic mass is 10.1. The van der Waals surface area contributed by atoms with Gasteiger partial charge in [-0.25, -0.2) is 0 Å². The summed E-state index contributed by atoms with van der Waals surface area (Å²) >= 11 is 5.99. The van der Waals surface area contributed by atoms with Crippen molar-refractivity contribution in [3.05, 3.63) is 41.8 Å². The Bertz CT molecular complexity index is 399. The van der Waals surface area contributed by atoms with Crippen LogP contribution < -0.4 is 5.73 Å². The predicted octanol–water partition coefficient (Wildman–Crippen LogP) is 2.37. The van der Waals surface area contributed by atoms with Crippen LogP contribution in [0.1, 0.15) is 19.4 Å². The van der Waals surface area contributed by atoms with Gasteiger partial charge < -0.3 is 10.5 Å². The summed E-state index contributed by atoms with van der Waals surface area (Å²) in [5.74, 6) is -0.468. The highest BCUT2D eigenvalue weighted by atomic mass is 35.5. The second kappa shape index (κ2) is 5.43. The Morgan fingerprint density at radius 2 is 2.12 bits per heavy atom. The first kappa shape index (κ1) is 13.9. The molecule has 1 aromatic carbocycles. The van der Waals surface area contributed by atoms with Crippen LogP contribution in [0.2, 0.25) is 5.02 Å². The summed E-state index contributed by atoms with van der Waals surface area (Å²) in [6.07, 6.45) is 0.356. The number of carbonyl (C=O) groups is 1. The van der Waals surface area contributed by atoms with E-state index in [9.17, 15) is 4.79 Å². The summed E-state index contributed by atoms with van der Waals surface area (Å²) in [6, 6.07) is 6.56. The topological polar surface area (TPSA) is 52.3 Å². The van der Waals surface area contributed by atoms with Gasteiger partial charge in [-0.2, -0.15) is 0 Å². The number of esters is 1. The number of hydrogen-bond donors (Lipinski definition) is 1. The summed E-state index contributed by atoms with van der Waals surface area (Å²) in [6.45, 7) is 7.10. The first-order valence-electron chi connectivity index (χ1n) is 5.37. The third-order valence-corrected chi connectivity index (χ3v) is 2.45. The Morgan fingerprint density at radius 1 is 1.53 bits per heavy atom. The second-order valence-corrected chi connectivity index (χ2v) is 4.99. The monoisotopic (exact) mass is 254 g/mol. The third-order valence-electron chi connectivity index (χ3n) is 2.08. The maximum atomic E-state index is 11.6. The van der Waals surface area contributed by atoms with Crippen molar-refractivity contribution in [3.63, 3.8) is 0 Å². The molecule has 0 radical (unpaired) electrons. The zero-order chi connectivity index (χ0) is 13.1. The molecule has 0 aromatic heterocycles. The Hall–Kier alpha value is -1.19. The summed E-state index contributed by atoms with van der Waals surface area (Å²) < 4.78 is 5.09. The predicted molar refractivity (Wildman–Crippen MR) is 68.7 cm³/mol. The van der Waals surface area contributed by atoms with Gasteiger partial charge >= 0.3 is 5.97 Å². The smallest absolute Gasteiger partial charge is 0.327 e. The molecular weight excluding hydrogens is 238 g/mol. The number of carbonyl (C=O) groups excluding carboxylic acids is 1. The van der Waals surface area contributed by atoms with E-state index in [-0.39, 0.29) is 0 Å². The van der Waals surface area contributed by atoms with Gasteiger partial charge in [0.15, 0.2) is 0 Å². The summed E-state index contributed by atoms with van der Waals surface area (Å²) in [7, 11) is 0. The van der Waals surface area contributed by atoms with Crippen LogP contribution in [0, 0.1) is 6.92 Å². The Labute approximate surface area is 107 Å². The van der Waals surface area contributed by atoms with Crippen LogP contribution in [-0.4, -0.2) is 17.6 Å². The van der Waals surface area contributed by atoms with Crippen LogP contribution in [0.4, 0.5) is 0 Å². The average molecular weight is 255 g/mol. The quantitative estimate of drug-likeness (QED) is 0.663. The molecule has 0 saturated heterocycles. The lowest BCUT2D eigenvalue weighted by molar-refractivity contribution is -0.154. The molecular formula is C13H17ClNO2+. The summed E-state index contributed by atoms with van der Waals surface area (Å²) in [5, 5.41) is 0.602. The highest BCUT2D eigenvalue weighted by molar-refractivity contribution is 6.31. The summed E-state index contributed by atoms with van der Waals surface area (Å²) in [5.41, 5.74) is 5.83. The minimum absolute atomic E-state index is 0.356. The van der Waals surface area contributed by atoms with Crippen molar-refractivity contribution in [2.75, 3.05) is 0 Å². The van der Waals surface area contributed by atoms with E-state index in [1.165, 1.54) is 0 Å². The minimum atomic E-state index is -0.769. The molecule has 17 heavy (non-hydrogen) atoms. The molecule has 92 valence electrons. The number of rotatable bonds is 4. The lowest BCUT2D eigenvalue weighted by Crippen LogP contribution is -2.39. The highest BCUT2D eigenvalue weighted by Gasteiger charge is 2.27. The van der Waals surface area contributed by atoms with Gasteiger partial charge in [-0.15, -0.1) is 0 Å². The van der Waals surface area contributed by atoms with Crippen molar-refractivity contribution < 1.29 is 9.53 Å². The molecule has 2 N–H and O–H groups in total. The third kappa shape index (κ3) is 4.67. The van der Waals surface area contributed by atoms with Crippen LogP contribution in [0.5, 0.6) is 0 Å². The number of hydrogen-bond acceptors (Lipinski definition) is 3. The highest BCUT2D eigenvalue weighted by Crippen LogP contribution is 2.17. The summed E-state index contributed by atoms with van der Waals surface area (Å²) in [4.78, 5) is 11.6. The Balaban J connectivity index is 2.64. The lowest BCUT2D eigenvalue weighted by Gasteiger charge is -2.17. The molecule has 0 heterocycles. The maximum absolute atomic E-state index is 11.6. The van der Waals surface area contributed by atoms with Gasteiger partial charge in [0, 0.05) is 18.9 Å². The van der Waals surface area contributed by atoms with E-state index in [0.717, 1.165) is 5.56 Å². The van der Waals surface area contributed by atoms with E-state index in [2.05, 4.69) is 6.92 Å². The Morgan fingerprint density at radius 3 is 2.65 bits per heavy atom. The molecule has 0 aliphatic heterocycles. The fourth-order valence-electron chi connectivity index (χ4n) is 1.33. The van der Waals surface area contributed by atoms with Gasteiger partial charge in [-0.3, -0.25) is 4.79 Å². The first-order valence-corrected chi connectivity index (χ1v) is 5.74. The second-order valence-electron chi connectivity index (χ2n) is 4.58. The maximum Gasteiger partial charge on any atom is 0.327 e. The molecule has 0 spiro atoms. The molecule has 1 rings (SSSR count). The van der Waals surface area contributed by atoms with Crippen LogP contribution in [0.15, 0.2) is 24.3 Å². The van der Waals surface area contributed by atoms with Gasteiger partial charge in [-0.05, 0) is 18.1 Å². The van der Waals surface area contributed by atoms with Gasteiger partial charge in [0.1, 0.15) is 13.0 Å². The van der Waals surface area contributed by atoms with Crippen molar-refractivity contribution in [2.45, 2.75) is 31.9 Å². The largest absolute Gasteiger partial charge is 0.418 e. The molecule has 0 saturated carbocycles. The van der Waals surface area contributed by atoms with Gasteiger partial charge in [0.05, 0.1) is 0 Å². The molecule has 0 aliphatic carbocycles. The molecule has 1 atom stereocenters. The van der Waals surface area contributed by atoms with E-state index in [4.69, 9.17) is 22.1 Å². The fraction of sp³-hybridized carbons (Fsp3) is 0.385. The fourth-order valence-corrected chi connectivity index (χ4v) is 1.55. The normalized spacial score (nSPS) is 13.2. The van der Waals surface area contributed by atoms with Crippen LogP contribution in [0.25, 0.3) is 0 Å². The van der Waals surface area contributed by atoms with E-state index >= 15 is 0 Å². The number of halogens is 1. The molecule has 0 unspecified atom stereocenters. The first-order chi connectivity index (χ1) is 7.79. The standard InChI is InChI=1S/C13H17ClNO2/c1-13(2,3)17-12(16)11(15)8-9-6-4-5-7-10(9)14/h4-7,11H,1,8,15H2,2-3H3/q+1/t11-/m0/s1. The van der Waals surface area contributed by atoms with Crippen LogP contribution in [-0.2, 0) is 16.0 Å². The molecule has 1 aromatic rings. The molecule has 0 aliphatic rings. The van der Waals surface area contributed by atoms with Gasteiger partial charge in [0.25, 0.3) is 0 Å². The van der Waals surface area contributed by atoms with E-state index in [0.29, 0.717) is 11.4 Å². The Kier molecular flexibility index (Phi) is 4.43. The number of ether oxygens (including phenoxy) is 1. The number of nitrogens with two attached hydrogens (primary N) is 1. The molecule has 0 fully saturated rings. The SMILES string of the molecule is [CH2+]C(C)(C)OC(=O)[C@@H](N)Cc1ccccc1Cl. The zero-order valence-corrected chi connectivity index (χ0v) is 10.8. The average Bonchev–Trinajstić information content (AvgIpc) is 2.18. The van der Waals surface area contributed by atoms with Crippen LogP contribution in [0.3, 0.4) is 0 Å². The molecule has 3 nitrogen and oxygen atoms in total. The van der Waals surface area contributed by atoms with Crippen molar-refractivity contribution in [2.24, 2.45) is 5.73 Å². The van der Waals surface area contributed by atoms with Gasteiger partial charge in [-0.1, -0.05) is 29.8 Å². The number of benzene rings is 1. The van der Waals surface area contributed by atoms with Crippen molar-refractivity contribution in [3.8, 4) is 0 Å². The van der Waals surface area contributed by atoms with E-state index in [1.54, 1.807) is 19.9 Å². The van der Waals surface area contributed by atoms with Crippen molar-refractivity contribution in [1.82, 2.24) is 0 Å². The van der Waals surface area contributed by atoms with E-state index in [1.807, 2.05) is 18.2 Å². The molecule has 4 heteroatoms. The van der Waals surface area contributed by atoms with Crippen LogP contribution >= 0.6 is 11.6 Å².